The second kappa shape index (κ2) is 5.84. The third kappa shape index (κ3) is 3.13. The van der Waals surface area contributed by atoms with Crippen molar-refractivity contribution in [3.05, 3.63) is 61.0 Å². The highest BCUT2D eigenvalue weighted by molar-refractivity contribution is 9.10. The Morgan fingerprint density at radius 2 is 1.75 bits per heavy atom. The maximum absolute atomic E-state index is 13.5. The predicted octanol–water partition coefficient (Wildman–Crippen LogP) is 5.19. The topological polar surface area (TPSA) is 52.4 Å². The average molecular weight is 409 g/mol. The SMILES string of the molecule is O=[N+]([O-])c1cc(Br)c(F)cc1Oc1cc(Br)ccc1F. The van der Waals surface area contributed by atoms with Crippen LogP contribution in [0, 0.1) is 21.7 Å². The molecule has 0 amide bonds. The first-order chi connectivity index (χ1) is 9.38. The van der Waals surface area contributed by atoms with Crippen LogP contribution in [0.2, 0.25) is 0 Å². The van der Waals surface area contributed by atoms with Crippen molar-refractivity contribution in [1.82, 2.24) is 0 Å². The van der Waals surface area contributed by atoms with Crippen molar-refractivity contribution in [2.75, 3.05) is 0 Å². The fraction of sp³-hybridized carbons (Fsp3) is 0. The summed E-state index contributed by atoms with van der Waals surface area (Å²) < 4.78 is 32.6. The summed E-state index contributed by atoms with van der Waals surface area (Å²) in [6.07, 6.45) is 0. The van der Waals surface area contributed by atoms with Crippen LogP contribution in [0.3, 0.4) is 0 Å². The van der Waals surface area contributed by atoms with Crippen LogP contribution in [0.15, 0.2) is 39.3 Å². The van der Waals surface area contributed by atoms with Crippen molar-refractivity contribution >= 4 is 37.5 Å². The van der Waals surface area contributed by atoms with E-state index in [1.807, 2.05) is 0 Å². The summed E-state index contributed by atoms with van der Waals surface area (Å²) in [6.45, 7) is 0. The van der Waals surface area contributed by atoms with E-state index < -0.39 is 22.2 Å². The molecule has 0 aromatic heterocycles. The van der Waals surface area contributed by atoms with Crippen LogP contribution in [0.1, 0.15) is 0 Å². The summed E-state index contributed by atoms with van der Waals surface area (Å²) in [5.41, 5.74) is -0.474. The molecule has 0 bridgehead atoms. The molecular formula is C12H5Br2F2NO3. The summed E-state index contributed by atoms with van der Waals surface area (Å²) in [5.74, 6) is -2.09. The molecule has 0 radical (unpaired) electrons. The number of nitrogens with zero attached hydrogens (tertiary/aromatic N) is 1. The van der Waals surface area contributed by atoms with Crippen molar-refractivity contribution in [2.24, 2.45) is 0 Å². The van der Waals surface area contributed by atoms with Gasteiger partial charge in [0.25, 0.3) is 0 Å². The third-order valence-electron chi connectivity index (χ3n) is 2.31. The van der Waals surface area contributed by atoms with E-state index in [1.54, 1.807) is 0 Å². The number of hydrogen-bond acceptors (Lipinski definition) is 3. The molecule has 4 nitrogen and oxygen atoms in total. The van der Waals surface area contributed by atoms with Gasteiger partial charge in [-0.3, -0.25) is 10.1 Å². The van der Waals surface area contributed by atoms with Gasteiger partial charge >= 0.3 is 5.69 Å². The number of benzene rings is 2. The van der Waals surface area contributed by atoms with Gasteiger partial charge in [0, 0.05) is 16.6 Å². The Labute approximate surface area is 128 Å². The van der Waals surface area contributed by atoms with Gasteiger partial charge in [-0.25, -0.2) is 8.78 Å². The lowest BCUT2D eigenvalue weighted by molar-refractivity contribution is -0.385. The van der Waals surface area contributed by atoms with Gasteiger partial charge in [0.2, 0.25) is 5.75 Å². The lowest BCUT2D eigenvalue weighted by atomic mass is 10.3. The molecule has 104 valence electrons. The molecule has 2 aromatic carbocycles. The van der Waals surface area contributed by atoms with E-state index in [2.05, 4.69) is 31.9 Å². The number of hydrogen-bond donors (Lipinski definition) is 0. The van der Waals surface area contributed by atoms with Crippen molar-refractivity contribution in [2.45, 2.75) is 0 Å². The normalized spacial score (nSPS) is 10.4. The summed E-state index contributed by atoms with van der Waals surface area (Å²) in [7, 11) is 0. The van der Waals surface area contributed by atoms with Gasteiger partial charge in [-0.15, -0.1) is 0 Å². The van der Waals surface area contributed by atoms with Gasteiger partial charge in [-0.05, 0) is 34.1 Å². The Balaban J connectivity index is 2.50. The molecule has 0 aliphatic carbocycles. The van der Waals surface area contributed by atoms with Gasteiger partial charge in [-0.1, -0.05) is 15.9 Å². The minimum absolute atomic E-state index is 0.0775. The van der Waals surface area contributed by atoms with E-state index in [4.69, 9.17) is 4.74 Å². The molecule has 0 unspecified atom stereocenters. The van der Waals surface area contributed by atoms with Crippen LogP contribution >= 0.6 is 31.9 Å². The van der Waals surface area contributed by atoms with E-state index in [0.29, 0.717) is 4.47 Å². The van der Waals surface area contributed by atoms with Crippen LogP contribution in [0.5, 0.6) is 11.5 Å². The second-order valence-electron chi connectivity index (χ2n) is 3.67. The summed E-state index contributed by atoms with van der Waals surface area (Å²) in [4.78, 5) is 10.2. The Bertz CT molecular complexity index is 695. The van der Waals surface area contributed by atoms with Crippen LogP contribution in [0.25, 0.3) is 0 Å². The highest BCUT2D eigenvalue weighted by Crippen LogP contribution is 2.36. The first kappa shape index (κ1) is 14.9. The van der Waals surface area contributed by atoms with Gasteiger partial charge in [0.1, 0.15) is 5.82 Å². The Morgan fingerprint density at radius 3 is 2.40 bits per heavy atom. The standard InChI is InChI=1S/C12H5Br2F2NO3/c13-6-1-2-8(15)11(3-6)20-12-5-9(16)7(14)4-10(12)17(18)19/h1-5H. The quantitative estimate of drug-likeness (QED) is 0.518. The van der Waals surface area contributed by atoms with Gasteiger partial charge in [0.05, 0.1) is 9.40 Å². The monoisotopic (exact) mass is 407 g/mol. The number of rotatable bonds is 3. The lowest BCUT2D eigenvalue weighted by Gasteiger charge is -2.08. The molecular weight excluding hydrogens is 404 g/mol. The number of halogens is 4. The van der Waals surface area contributed by atoms with E-state index >= 15 is 0 Å². The zero-order valence-corrected chi connectivity index (χ0v) is 12.7. The largest absolute Gasteiger partial charge is 0.447 e. The first-order valence-corrected chi connectivity index (χ1v) is 6.73. The Hall–Kier alpha value is -1.54. The molecule has 2 rings (SSSR count). The maximum Gasteiger partial charge on any atom is 0.312 e. The fourth-order valence-electron chi connectivity index (χ4n) is 1.42. The third-order valence-corrected chi connectivity index (χ3v) is 3.41. The average Bonchev–Trinajstić information content (AvgIpc) is 2.37. The number of ether oxygens (including phenoxy) is 1. The molecule has 0 aliphatic heterocycles. The van der Waals surface area contributed by atoms with Crippen molar-refractivity contribution in [3.8, 4) is 11.5 Å². The van der Waals surface area contributed by atoms with E-state index in [9.17, 15) is 18.9 Å². The highest BCUT2D eigenvalue weighted by atomic mass is 79.9. The van der Waals surface area contributed by atoms with Gasteiger partial charge in [0.15, 0.2) is 11.6 Å². The van der Waals surface area contributed by atoms with Crippen LogP contribution in [0.4, 0.5) is 14.5 Å². The fourth-order valence-corrected chi connectivity index (χ4v) is 2.09. The predicted molar refractivity (Wildman–Crippen MR) is 74.9 cm³/mol. The van der Waals surface area contributed by atoms with Crippen molar-refractivity contribution < 1.29 is 18.4 Å². The number of nitro groups is 1. The molecule has 0 atom stereocenters. The van der Waals surface area contributed by atoms with E-state index in [-0.39, 0.29) is 16.0 Å². The summed E-state index contributed by atoms with van der Waals surface area (Å²) in [6, 6.07) is 5.64. The van der Waals surface area contributed by atoms with Crippen LogP contribution < -0.4 is 4.74 Å². The molecule has 0 N–H and O–H groups in total. The molecule has 0 saturated carbocycles. The Kier molecular flexibility index (Phi) is 4.34. The molecule has 0 aliphatic rings. The van der Waals surface area contributed by atoms with Crippen molar-refractivity contribution in [3.63, 3.8) is 0 Å². The van der Waals surface area contributed by atoms with Gasteiger partial charge in [-0.2, -0.15) is 0 Å². The first-order valence-electron chi connectivity index (χ1n) is 5.15. The molecule has 0 saturated heterocycles. The highest BCUT2D eigenvalue weighted by Gasteiger charge is 2.20. The molecule has 0 spiro atoms. The lowest BCUT2D eigenvalue weighted by Crippen LogP contribution is -1.96. The molecule has 20 heavy (non-hydrogen) atoms. The van der Waals surface area contributed by atoms with E-state index in [1.165, 1.54) is 12.1 Å². The molecule has 2 aromatic rings. The number of nitro benzene ring substituents is 1. The second-order valence-corrected chi connectivity index (χ2v) is 5.44. The Morgan fingerprint density at radius 1 is 1.05 bits per heavy atom. The minimum atomic E-state index is -0.749. The summed E-state index contributed by atoms with van der Waals surface area (Å²) in [5, 5.41) is 10.9. The zero-order valence-electron chi connectivity index (χ0n) is 9.57. The van der Waals surface area contributed by atoms with Gasteiger partial charge < -0.3 is 4.74 Å². The molecule has 0 fully saturated rings. The summed E-state index contributed by atoms with van der Waals surface area (Å²) >= 11 is 5.96. The maximum atomic E-state index is 13.5. The smallest absolute Gasteiger partial charge is 0.312 e. The molecule has 8 heteroatoms. The minimum Gasteiger partial charge on any atom is -0.447 e. The van der Waals surface area contributed by atoms with Crippen LogP contribution in [-0.2, 0) is 0 Å². The van der Waals surface area contributed by atoms with E-state index in [0.717, 1.165) is 18.2 Å². The zero-order chi connectivity index (χ0) is 14.9. The molecule has 0 heterocycles. The van der Waals surface area contributed by atoms with Crippen LogP contribution in [-0.4, -0.2) is 4.92 Å². The van der Waals surface area contributed by atoms with Crippen molar-refractivity contribution in [1.29, 1.82) is 0 Å².